The largest absolute Gasteiger partial charge is 0.506 e. The molecule has 0 heterocycles. The maximum atomic E-state index is 9.52. The van der Waals surface area contributed by atoms with Gasteiger partial charge in [-0.05, 0) is 22.4 Å². The molecule has 0 aliphatic carbocycles. The van der Waals surface area contributed by atoms with Crippen LogP contribution in [0.1, 0.15) is 26.3 Å². The van der Waals surface area contributed by atoms with Crippen molar-refractivity contribution in [1.29, 1.82) is 0 Å². The molecule has 0 aliphatic rings. The highest BCUT2D eigenvalue weighted by Crippen LogP contribution is 2.32. The first-order chi connectivity index (χ1) is 7.39. The summed E-state index contributed by atoms with van der Waals surface area (Å²) in [6.07, 6.45) is 0. The number of phenolic OH excluding ortho intramolecular Hbond substituents is 1. The van der Waals surface area contributed by atoms with Crippen molar-refractivity contribution in [3.8, 4) is 5.75 Å². The van der Waals surface area contributed by atoms with Crippen molar-refractivity contribution in [2.45, 2.75) is 26.2 Å². The molecule has 0 radical (unpaired) electrons. The van der Waals surface area contributed by atoms with E-state index in [0.29, 0.717) is 5.69 Å². The summed E-state index contributed by atoms with van der Waals surface area (Å²) in [5, 5.41) is 11.5. The minimum Gasteiger partial charge on any atom is -0.506 e. The molecule has 2 aromatic rings. The molecule has 2 aromatic carbocycles. The zero-order chi connectivity index (χ0) is 11.9. The van der Waals surface area contributed by atoms with E-state index < -0.39 is 0 Å². The molecule has 0 fully saturated rings. The molecular formula is C14H17NO. The molecule has 0 saturated carbocycles. The van der Waals surface area contributed by atoms with Crippen LogP contribution in [0.25, 0.3) is 10.8 Å². The fraction of sp³-hybridized carbons (Fsp3) is 0.286. The van der Waals surface area contributed by atoms with Crippen LogP contribution in [0.5, 0.6) is 5.75 Å². The van der Waals surface area contributed by atoms with Crippen molar-refractivity contribution in [1.82, 2.24) is 0 Å². The van der Waals surface area contributed by atoms with Gasteiger partial charge in [0.25, 0.3) is 0 Å². The minimum absolute atomic E-state index is 0.126. The summed E-state index contributed by atoms with van der Waals surface area (Å²) in [4.78, 5) is 0. The van der Waals surface area contributed by atoms with E-state index in [1.165, 1.54) is 5.56 Å². The van der Waals surface area contributed by atoms with Gasteiger partial charge >= 0.3 is 0 Å². The third-order valence-corrected chi connectivity index (χ3v) is 2.90. The fourth-order valence-corrected chi connectivity index (χ4v) is 1.81. The molecule has 84 valence electrons. The normalized spacial score (nSPS) is 11.9. The Hall–Kier alpha value is -1.70. The van der Waals surface area contributed by atoms with Gasteiger partial charge in [-0.15, -0.1) is 0 Å². The van der Waals surface area contributed by atoms with E-state index in [1.54, 1.807) is 6.07 Å². The Kier molecular flexibility index (Phi) is 2.30. The SMILES string of the molecule is CC(C)(C)c1ccc2c(N)c(O)ccc2c1. The number of nitrogen functional groups attached to an aromatic ring is 1. The van der Waals surface area contributed by atoms with E-state index >= 15 is 0 Å². The zero-order valence-corrected chi connectivity index (χ0v) is 9.91. The first kappa shape index (κ1) is 10.8. The summed E-state index contributed by atoms with van der Waals surface area (Å²) in [7, 11) is 0. The van der Waals surface area contributed by atoms with E-state index in [1.807, 2.05) is 12.1 Å². The summed E-state index contributed by atoms with van der Waals surface area (Å²) < 4.78 is 0. The molecule has 0 bridgehead atoms. The van der Waals surface area contributed by atoms with Crippen LogP contribution in [-0.2, 0) is 5.41 Å². The highest BCUT2D eigenvalue weighted by atomic mass is 16.3. The molecule has 2 rings (SSSR count). The number of phenols is 1. The van der Waals surface area contributed by atoms with Gasteiger partial charge in [0.15, 0.2) is 0 Å². The summed E-state index contributed by atoms with van der Waals surface area (Å²) in [6.45, 7) is 6.54. The highest BCUT2D eigenvalue weighted by Gasteiger charge is 2.14. The van der Waals surface area contributed by atoms with Crippen LogP contribution in [0.4, 0.5) is 5.69 Å². The molecule has 0 aliphatic heterocycles. The number of rotatable bonds is 0. The lowest BCUT2D eigenvalue weighted by Crippen LogP contribution is -2.10. The predicted octanol–water partition coefficient (Wildman–Crippen LogP) is 3.43. The average Bonchev–Trinajstić information content (AvgIpc) is 2.22. The number of hydrogen-bond acceptors (Lipinski definition) is 2. The van der Waals surface area contributed by atoms with Crippen LogP contribution in [0, 0.1) is 0 Å². The highest BCUT2D eigenvalue weighted by molar-refractivity contribution is 5.96. The standard InChI is InChI=1S/C14H17NO/c1-14(2,3)10-5-6-11-9(8-10)4-7-12(16)13(11)15/h4-8,16H,15H2,1-3H3. The quantitative estimate of drug-likeness (QED) is 0.522. The van der Waals surface area contributed by atoms with E-state index in [0.717, 1.165) is 10.8 Å². The monoisotopic (exact) mass is 215 g/mol. The van der Waals surface area contributed by atoms with Gasteiger partial charge in [-0.1, -0.05) is 45.0 Å². The second kappa shape index (κ2) is 3.41. The van der Waals surface area contributed by atoms with E-state index in [9.17, 15) is 5.11 Å². The predicted molar refractivity (Wildman–Crippen MR) is 68.7 cm³/mol. The maximum absolute atomic E-state index is 9.52. The molecule has 0 atom stereocenters. The maximum Gasteiger partial charge on any atom is 0.139 e. The third-order valence-electron chi connectivity index (χ3n) is 2.90. The molecule has 0 unspecified atom stereocenters. The Morgan fingerprint density at radius 2 is 1.75 bits per heavy atom. The van der Waals surface area contributed by atoms with Gasteiger partial charge in [-0.25, -0.2) is 0 Å². The molecule has 16 heavy (non-hydrogen) atoms. The lowest BCUT2D eigenvalue weighted by atomic mass is 9.86. The van der Waals surface area contributed by atoms with Crippen molar-refractivity contribution in [3.05, 3.63) is 35.9 Å². The molecule has 0 amide bonds. The molecule has 2 nitrogen and oxygen atoms in total. The number of hydrogen-bond donors (Lipinski definition) is 2. The van der Waals surface area contributed by atoms with Crippen LogP contribution < -0.4 is 5.73 Å². The first-order valence-corrected chi connectivity index (χ1v) is 5.41. The molecule has 0 spiro atoms. The second-order valence-corrected chi connectivity index (χ2v) is 5.18. The number of fused-ring (bicyclic) bond motifs is 1. The first-order valence-electron chi connectivity index (χ1n) is 5.41. The zero-order valence-electron chi connectivity index (χ0n) is 9.91. The van der Waals surface area contributed by atoms with Gasteiger partial charge in [0.2, 0.25) is 0 Å². The van der Waals surface area contributed by atoms with E-state index in [2.05, 4.69) is 32.9 Å². The number of anilines is 1. The van der Waals surface area contributed by atoms with Crippen LogP contribution >= 0.6 is 0 Å². The number of nitrogens with two attached hydrogens (primary N) is 1. The van der Waals surface area contributed by atoms with Gasteiger partial charge in [0, 0.05) is 5.39 Å². The van der Waals surface area contributed by atoms with Gasteiger partial charge < -0.3 is 10.8 Å². The van der Waals surface area contributed by atoms with Crippen molar-refractivity contribution < 1.29 is 5.11 Å². The van der Waals surface area contributed by atoms with Gasteiger partial charge in [-0.2, -0.15) is 0 Å². The molecule has 2 heteroatoms. The minimum atomic E-state index is 0.126. The molecular weight excluding hydrogens is 198 g/mol. The number of aromatic hydroxyl groups is 1. The Morgan fingerprint density at radius 3 is 2.38 bits per heavy atom. The van der Waals surface area contributed by atoms with Crippen molar-refractivity contribution in [2.24, 2.45) is 0 Å². The van der Waals surface area contributed by atoms with Crippen LogP contribution in [0.3, 0.4) is 0 Å². The summed E-state index contributed by atoms with van der Waals surface area (Å²) >= 11 is 0. The molecule has 3 N–H and O–H groups in total. The average molecular weight is 215 g/mol. The fourth-order valence-electron chi connectivity index (χ4n) is 1.81. The van der Waals surface area contributed by atoms with Crippen LogP contribution in [0.2, 0.25) is 0 Å². The summed E-state index contributed by atoms with van der Waals surface area (Å²) in [5.41, 5.74) is 7.68. The van der Waals surface area contributed by atoms with Crippen molar-refractivity contribution in [2.75, 3.05) is 5.73 Å². The lowest BCUT2D eigenvalue weighted by molar-refractivity contribution is 0.478. The van der Waals surface area contributed by atoms with E-state index in [-0.39, 0.29) is 11.2 Å². The van der Waals surface area contributed by atoms with Crippen LogP contribution in [-0.4, -0.2) is 5.11 Å². The third kappa shape index (κ3) is 1.71. The van der Waals surface area contributed by atoms with Gasteiger partial charge in [0.1, 0.15) is 5.75 Å². The Bertz CT molecular complexity index is 538. The smallest absolute Gasteiger partial charge is 0.139 e. The Balaban J connectivity index is 2.70. The van der Waals surface area contributed by atoms with Crippen molar-refractivity contribution >= 4 is 16.5 Å². The lowest BCUT2D eigenvalue weighted by Gasteiger charge is -2.19. The summed E-state index contributed by atoms with van der Waals surface area (Å²) in [5.74, 6) is 0.149. The second-order valence-electron chi connectivity index (χ2n) is 5.18. The Labute approximate surface area is 95.7 Å². The van der Waals surface area contributed by atoms with Gasteiger partial charge in [0.05, 0.1) is 5.69 Å². The molecule has 0 saturated heterocycles. The van der Waals surface area contributed by atoms with E-state index in [4.69, 9.17) is 5.73 Å². The Morgan fingerprint density at radius 1 is 1.06 bits per heavy atom. The van der Waals surface area contributed by atoms with Crippen molar-refractivity contribution in [3.63, 3.8) is 0 Å². The van der Waals surface area contributed by atoms with Crippen LogP contribution in [0.15, 0.2) is 30.3 Å². The number of benzene rings is 2. The summed E-state index contributed by atoms with van der Waals surface area (Å²) in [6, 6.07) is 9.72. The topological polar surface area (TPSA) is 46.2 Å². The van der Waals surface area contributed by atoms with Gasteiger partial charge in [-0.3, -0.25) is 0 Å². The molecule has 0 aromatic heterocycles.